The molecule has 1 unspecified atom stereocenters. The minimum Gasteiger partial charge on any atom is -0.416 e. The summed E-state index contributed by atoms with van der Waals surface area (Å²) in [4.78, 5) is 27.2. The maximum absolute atomic E-state index is 12.6. The number of nitrogens with zero attached hydrogens (tertiary/aromatic N) is 3. The molecule has 0 saturated heterocycles. The van der Waals surface area contributed by atoms with Crippen molar-refractivity contribution in [1.82, 2.24) is 19.7 Å². The molecule has 3 rings (SSSR count). The first kappa shape index (κ1) is 18.9. The Morgan fingerprint density at radius 3 is 2.74 bits per heavy atom. The molecule has 1 atom stereocenters. The van der Waals surface area contributed by atoms with E-state index in [1.807, 2.05) is 30.3 Å². The summed E-state index contributed by atoms with van der Waals surface area (Å²) in [5, 5.41) is 8.70. The summed E-state index contributed by atoms with van der Waals surface area (Å²) >= 11 is 1.46. The molecule has 2 heterocycles. The van der Waals surface area contributed by atoms with Crippen molar-refractivity contribution in [3.05, 3.63) is 86.5 Å². The van der Waals surface area contributed by atoms with Gasteiger partial charge in [-0.2, -0.15) is 0 Å². The summed E-state index contributed by atoms with van der Waals surface area (Å²) in [5.74, 6) is 0.329. The SMILES string of the molecule is C=CCn1c(=O)[nH]c(C)c(Cc2nnc(SC(C)c3ccccc3)o2)c1=O. The van der Waals surface area contributed by atoms with Crippen molar-refractivity contribution < 1.29 is 4.42 Å². The molecule has 27 heavy (non-hydrogen) atoms. The van der Waals surface area contributed by atoms with Gasteiger partial charge in [0.25, 0.3) is 10.8 Å². The number of hydrogen-bond donors (Lipinski definition) is 1. The molecule has 0 fully saturated rings. The number of aromatic nitrogens is 4. The maximum atomic E-state index is 12.6. The van der Waals surface area contributed by atoms with Gasteiger partial charge < -0.3 is 9.40 Å². The van der Waals surface area contributed by atoms with Gasteiger partial charge in [-0.1, -0.05) is 48.2 Å². The van der Waals surface area contributed by atoms with Crippen LogP contribution >= 0.6 is 11.8 Å². The fourth-order valence-electron chi connectivity index (χ4n) is 2.67. The number of benzene rings is 1. The Labute approximate surface area is 160 Å². The maximum Gasteiger partial charge on any atom is 0.328 e. The largest absolute Gasteiger partial charge is 0.416 e. The molecule has 0 aliphatic carbocycles. The number of aryl methyl sites for hydroxylation is 1. The number of hydrogen-bond acceptors (Lipinski definition) is 6. The molecule has 0 spiro atoms. The van der Waals surface area contributed by atoms with Gasteiger partial charge >= 0.3 is 5.69 Å². The van der Waals surface area contributed by atoms with Crippen molar-refractivity contribution in [1.29, 1.82) is 0 Å². The van der Waals surface area contributed by atoms with Crippen molar-refractivity contribution in [3.8, 4) is 0 Å². The Balaban J connectivity index is 1.80. The van der Waals surface area contributed by atoms with Gasteiger partial charge in [0.1, 0.15) is 0 Å². The van der Waals surface area contributed by atoms with E-state index in [1.165, 1.54) is 17.8 Å². The minimum absolute atomic E-state index is 0.140. The molecule has 0 saturated carbocycles. The smallest absolute Gasteiger partial charge is 0.328 e. The molecule has 0 radical (unpaired) electrons. The van der Waals surface area contributed by atoms with E-state index in [1.54, 1.807) is 6.92 Å². The lowest BCUT2D eigenvalue weighted by Crippen LogP contribution is -2.37. The number of allylic oxidation sites excluding steroid dienone is 1. The summed E-state index contributed by atoms with van der Waals surface area (Å²) in [6, 6.07) is 10.0. The fraction of sp³-hybridized carbons (Fsp3) is 0.263. The molecule has 0 aliphatic heterocycles. The number of nitrogens with one attached hydrogen (secondary N) is 1. The first-order chi connectivity index (χ1) is 13.0. The van der Waals surface area contributed by atoms with Crippen LogP contribution in [0.3, 0.4) is 0 Å². The van der Waals surface area contributed by atoms with E-state index < -0.39 is 5.69 Å². The van der Waals surface area contributed by atoms with Gasteiger partial charge in [0.15, 0.2) is 0 Å². The summed E-state index contributed by atoms with van der Waals surface area (Å²) < 4.78 is 6.80. The quantitative estimate of drug-likeness (QED) is 0.497. The Hall–Kier alpha value is -2.87. The number of aromatic amines is 1. The van der Waals surface area contributed by atoms with Gasteiger partial charge in [-0.05, 0) is 19.4 Å². The lowest BCUT2D eigenvalue weighted by atomic mass is 10.1. The van der Waals surface area contributed by atoms with Gasteiger partial charge in [-0.3, -0.25) is 9.36 Å². The molecular formula is C19H20N4O3S. The second-order valence-corrected chi connectivity index (χ2v) is 7.34. The lowest BCUT2D eigenvalue weighted by molar-refractivity contribution is 0.418. The Morgan fingerprint density at radius 2 is 2.04 bits per heavy atom. The molecule has 1 N–H and O–H groups in total. The molecule has 0 amide bonds. The monoisotopic (exact) mass is 384 g/mol. The van der Waals surface area contributed by atoms with Crippen molar-refractivity contribution in [2.45, 2.75) is 37.3 Å². The Kier molecular flexibility index (Phi) is 5.75. The predicted molar refractivity (Wildman–Crippen MR) is 104 cm³/mol. The van der Waals surface area contributed by atoms with Crippen LogP contribution in [0.25, 0.3) is 0 Å². The average molecular weight is 384 g/mol. The van der Waals surface area contributed by atoms with Gasteiger partial charge in [0, 0.05) is 23.1 Å². The van der Waals surface area contributed by atoms with E-state index in [2.05, 4.69) is 28.7 Å². The molecule has 7 nitrogen and oxygen atoms in total. The van der Waals surface area contributed by atoms with E-state index in [4.69, 9.17) is 4.42 Å². The van der Waals surface area contributed by atoms with Crippen LogP contribution in [0.2, 0.25) is 0 Å². The zero-order valence-electron chi connectivity index (χ0n) is 15.1. The second-order valence-electron chi connectivity index (χ2n) is 6.05. The summed E-state index contributed by atoms with van der Waals surface area (Å²) in [6.45, 7) is 7.45. The third-order valence-electron chi connectivity index (χ3n) is 4.13. The van der Waals surface area contributed by atoms with Crippen LogP contribution < -0.4 is 11.2 Å². The van der Waals surface area contributed by atoms with Gasteiger partial charge in [-0.25, -0.2) is 4.79 Å². The van der Waals surface area contributed by atoms with Crippen molar-refractivity contribution >= 4 is 11.8 Å². The fourth-order valence-corrected chi connectivity index (χ4v) is 3.50. The average Bonchev–Trinajstić information content (AvgIpc) is 3.10. The molecular weight excluding hydrogens is 364 g/mol. The lowest BCUT2D eigenvalue weighted by Gasteiger charge is -2.08. The Bertz CT molecular complexity index is 1050. The highest BCUT2D eigenvalue weighted by Crippen LogP contribution is 2.33. The molecule has 1 aromatic carbocycles. The van der Waals surface area contributed by atoms with E-state index in [9.17, 15) is 9.59 Å². The third kappa shape index (κ3) is 4.28. The Morgan fingerprint density at radius 1 is 1.30 bits per heavy atom. The van der Waals surface area contributed by atoms with Gasteiger partial charge in [0.05, 0.1) is 6.42 Å². The van der Waals surface area contributed by atoms with E-state index in [0.717, 1.165) is 10.1 Å². The van der Waals surface area contributed by atoms with Crippen LogP contribution in [-0.4, -0.2) is 19.7 Å². The van der Waals surface area contributed by atoms with Crippen LogP contribution in [0, 0.1) is 6.92 Å². The molecule has 3 aromatic rings. The van der Waals surface area contributed by atoms with E-state index in [-0.39, 0.29) is 23.8 Å². The zero-order chi connectivity index (χ0) is 19.4. The van der Waals surface area contributed by atoms with Crippen molar-refractivity contribution in [2.24, 2.45) is 0 Å². The molecule has 8 heteroatoms. The van der Waals surface area contributed by atoms with Crippen LogP contribution in [0.15, 0.2) is 62.2 Å². The summed E-state index contributed by atoms with van der Waals surface area (Å²) in [6.07, 6.45) is 1.66. The van der Waals surface area contributed by atoms with Crippen LogP contribution in [0.5, 0.6) is 0 Å². The predicted octanol–water partition coefficient (Wildman–Crippen LogP) is 2.86. The first-order valence-corrected chi connectivity index (χ1v) is 9.35. The van der Waals surface area contributed by atoms with Gasteiger partial charge in [0.2, 0.25) is 5.89 Å². The third-order valence-corrected chi connectivity index (χ3v) is 5.12. The summed E-state index contributed by atoms with van der Waals surface area (Å²) in [5.41, 5.74) is 1.25. The molecule has 0 bridgehead atoms. The van der Waals surface area contributed by atoms with Crippen LogP contribution in [0.1, 0.15) is 34.9 Å². The molecule has 2 aromatic heterocycles. The highest BCUT2D eigenvalue weighted by molar-refractivity contribution is 7.99. The molecule has 0 aliphatic rings. The standard InChI is InChI=1S/C19H20N4O3S/c1-4-10-23-17(24)15(12(2)20-18(23)25)11-16-21-22-19(26-16)27-13(3)14-8-6-5-7-9-14/h4-9,13H,1,10-11H2,2-3H3,(H,20,25). The normalized spacial score (nSPS) is 12.1. The number of H-pyrrole nitrogens is 1. The van der Waals surface area contributed by atoms with Crippen LogP contribution in [-0.2, 0) is 13.0 Å². The minimum atomic E-state index is -0.459. The van der Waals surface area contributed by atoms with Gasteiger partial charge in [-0.15, -0.1) is 16.8 Å². The zero-order valence-corrected chi connectivity index (χ0v) is 16.0. The van der Waals surface area contributed by atoms with Crippen molar-refractivity contribution in [2.75, 3.05) is 0 Å². The highest BCUT2D eigenvalue weighted by atomic mass is 32.2. The number of rotatable bonds is 7. The van der Waals surface area contributed by atoms with Crippen molar-refractivity contribution in [3.63, 3.8) is 0 Å². The summed E-state index contributed by atoms with van der Waals surface area (Å²) in [7, 11) is 0. The highest BCUT2D eigenvalue weighted by Gasteiger charge is 2.17. The molecule has 140 valence electrons. The second kappa shape index (κ2) is 8.22. The van der Waals surface area contributed by atoms with Crippen LogP contribution in [0.4, 0.5) is 0 Å². The van der Waals surface area contributed by atoms with E-state index in [0.29, 0.717) is 22.4 Å². The first-order valence-electron chi connectivity index (χ1n) is 8.47. The number of thioether (sulfide) groups is 1. The van der Waals surface area contributed by atoms with E-state index >= 15 is 0 Å². The topological polar surface area (TPSA) is 93.8 Å².